The lowest BCUT2D eigenvalue weighted by molar-refractivity contribution is -0.126. The fraction of sp³-hybridized carbons (Fsp3) is 0.409. The minimum absolute atomic E-state index is 0.332. The van der Waals surface area contributed by atoms with E-state index >= 15 is 0 Å². The van der Waals surface area contributed by atoms with Gasteiger partial charge in [0, 0.05) is 25.1 Å². The molecule has 0 radical (unpaired) electrons. The van der Waals surface area contributed by atoms with Gasteiger partial charge in [0.2, 0.25) is 15.9 Å². The zero-order valence-electron chi connectivity index (χ0n) is 17.9. The summed E-state index contributed by atoms with van der Waals surface area (Å²) in [5.74, 6) is 0.915. The van der Waals surface area contributed by atoms with E-state index in [9.17, 15) is 13.2 Å². The van der Waals surface area contributed by atoms with E-state index in [0.29, 0.717) is 23.5 Å². The summed E-state index contributed by atoms with van der Waals surface area (Å²) in [7, 11) is -0.597. The molecule has 0 saturated carbocycles. The maximum Gasteiger partial charge on any atom is 0.243 e. The lowest BCUT2D eigenvalue weighted by atomic mass is 9.89. The Morgan fingerprint density at radius 2 is 1.90 bits per heavy atom. The Hall–Kier alpha value is -2.58. The number of rotatable bonds is 6. The van der Waals surface area contributed by atoms with E-state index in [0.717, 1.165) is 16.1 Å². The van der Waals surface area contributed by atoms with Crippen molar-refractivity contribution < 1.29 is 22.7 Å². The molecule has 0 spiro atoms. The topological polar surface area (TPSA) is 84.9 Å². The van der Waals surface area contributed by atoms with Crippen molar-refractivity contribution in [3.8, 4) is 11.5 Å². The summed E-state index contributed by atoms with van der Waals surface area (Å²) in [5.41, 5.74) is 0.920. The molecule has 0 unspecified atom stereocenters. The van der Waals surface area contributed by atoms with Crippen molar-refractivity contribution in [2.75, 3.05) is 20.4 Å². The lowest BCUT2D eigenvalue weighted by Gasteiger charge is -2.39. The molecule has 0 aliphatic carbocycles. The van der Waals surface area contributed by atoms with E-state index in [1.165, 1.54) is 7.05 Å². The Morgan fingerprint density at radius 1 is 1.23 bits per heavy atom. The van der Waals surface area contributed by atoms with E-state index in [-0.39, 0.29) is 6.04 Å². The van der Waals surface area contributed by atoms with Crippen molar-refractivity contribution in [2.45, 2.75) is 38.0 Å². The summed E-state index contributed by atoms with van der Waals surface area (Å²) in [6.07, 6.45) is 1.64. The molecule has 0 aromatic heterocycles. The molecule has 1 amide bonds. The predicted molar refractivity (Wildman–Crippen MR) is 115 cm³/mol. The monoisotopic (exact) mass is 432 g/mol. The van der Waals surface area contributed by atoms with Crippen LogP contribution in [0.25, 0.3) is 0 Å². The van der Waals surface area contributed by atoms with Gasteiger partial charge in [-0.15, -0.1) is 0 Å². The van der Waals surface area contributed by atoms with Crippen molar-refractivity contribution in [3.05, 3.63) is 59.7 Å². The first-order valence-electron chi connectivity index (χ1n) is 9.67. The minimum atomic E-state index is -3.60. The summed E-state index contributed by atoms with van der Waals surface area (Å²) in [4.78, 5) is 13.4. The number of carbonyl (C=O) groups excluding carboxylic acids is 1. The van der Waals surface area contributed by atoms with Crippen LogP contribution in [0.5, 0.6) is 11.5 Å². The zero-order valence-corrected chi connectivity index (χ0v) is 18.7. The molecule has 2 atom stereocenters. The van der Waals surface area contributed by atoms with E-state index in [2.05, 4.69) is 5.32 Å². The van der Waals surface area contributed by atoms with Crippen LogP contribution in [0.2, 0.25) is 0 Å². The molecule has 7 nitrogen and oxygen atoms in total. The van der Waals surface area contributed by atoms with Crippen LogP contribution in [0, 0.1) is 0 Å². The Bertz CT molecular complexity index is 1020. The van der Waals surface area contributed by atoms with E-state index in [1.54, 1.807) is 37.4 Å². The van der Waals surface area contributed by atoms with Gasteiger partial charge in [-0.2, -0.15) is 4.31 Å². The van der Waals surface area contributed by atoms with E-state index < -0.39 is 27.6 Å². The summed E-state index contributed by atoms with van der Waals surface area (Å²) in [6.45, 7) is 3.90. The van der Waals surface area contributed by atoms with Crippen LogP contribution >= 0.6 is 0 Å². The average molecular weight is 433 g/mol. The Balaban J connectivity index is 1.96. The molecule has 3 rings (SSSR count). The van der Waals surface area contributed by atoms with Crippen LogP contribution in [0.15, 0.2) is 48.5 Å². The van der Waals surface area contributed by atoms with Gasteiger partial charge in [-0.1, -0.05) is 30.3 Å². The highest BCUT2D eigenvalue weighted by molar-refractivity contribution is 7.88. The quantitative estimate of drug-likeness (QED) is 0.758. The minimum Gasteiger partial charge on any atom is -0.497 e. The number of nitrogens with one attached hydrogen (secondary N) is 1. The fourth-order valence-corrected chi connectivity index (χ4v) is 4.29. The van der Waals surface area contributed by atoms with Crippen LogP contribution in [0.4, 0.5) is 0 Å². The number of nitrogens with zero attached hydrogens (tertiary/aromatic N) is 1. The van der Waals surface area contributed by atoms with E-state index in [4.69, 9.17) is 9.47 Å². The number of carbonyl (C=O) groups is 1. The molecule has 0 fully saturated rings. The number of likely N-dealkylation sites (N-methyl/N-ethyl adjacent to an activating group) is 1. The molecule has 8 heteroatoms. The molecule has 0 saturated heterocycles. The standard InChI is InChI=1S/C22H28N2O5S/c1-22(2)14-18(17-12-11-16(28-4)13-19(17)29-22)23-21(25)20(24(3)30(5,26)27)15-9-7-6-8-10-15/h6-13,18,20H,14H2,1-5H3,(H,23,25)/t18-,20+/m0/s1. The highest BCUT2D eigenvalue weighted by Gasteiger charge is 2.38. The van der Waals surface area contributed by atoms with Crippen LogP contribution in [-0.2, 0) is 14.8 Å². The molecule has 0 bridgehead atoms. The number of hydrogen-bond acceptors (Lipinski definition) is 5. The van der Waals surface area contributed by atoms with Gasteiger partial charge in [-0.05, 0) is 31.5 Å². The lowest BCUT2D eigenvalue weighted by Crippen LogP contribution is -2.46. The SMILES string of the molecule is COc1ccc2c(c1)OC(C)(C)C[C@@H]2NC(=O)[C@@H](c1ccccc1)N(C)S(C)(=O)=O. The fourth-order valence-electron chi connectivity index (χ4n) is 3.69. The number of sulfonamides is 1. The van der Waals surface area contributed by atoms with Crippen molar-refractivity contribution >= 4 is 15.9 Å². The van der Waals surface area contributed by atoms with Gasteiger partial charge in [0.1, 0.15) is 23.1 Å². The van der Waals surface area contributed by atoms with Gasteiger partial charge in [0.25, 0.3) is 0 Å². The van der Waals surface area contributed by atoms with Crippen molar-refractivity contribution in [1.29, 1.82) is 0 Å². The average Bonchev–Trinajstić information content (AvgIpc) is 2.66. The number of benzene rings is 2. The summed E-state index contributed by atoms with van der Waals surface area (Å²) >= 11 is 0. The maximum atomic E-state index is 13.4. The van der Waals surface area contributed by atoms with Crippen molar-refractivity contribution in [3.63, 3.8) is 0 Å². The Labute approximate surface area is 178 Å². The third-order valence-electron chi connectivity index (χ3n) is 5.24. The smallest absolute Gasteiger partial charge is 0.243 e. The molecule has 1 aliphatic rings. The predicted octanol–water partition coefficient (Wildman–Crippen LogP) is 3.05. The molecule has 162 valence electrons. The van der Waals surface area contributed by atoms with Crippen molar-refractivity contribution in [1.82, 2.24) is 9.62 Å². The molecule has 2 aromatic carbocycles. The first-order valence-corrected chi connectivity index (χ1v) is 11.5. The molecular formula is C22H28N2O5S. The number of methoxy groups -OCH3 is 1. The Morgan fingerprint density at radius 3 is 2.50 bits per heavy atom. The van der Waals surface area contributed by atoms with Crippen LogP contribution in [0.1, 0.15) is 43.5 Å². The van der Waals surface area contributed by atoms with Gasteiger partial charge in [0.15, 0.2) is 0 Å². The molecular weight excluding hydrogens is 404 g/mol. The number of fused-ring (bicyclic) bond motifs is 1. The first-order chi connectivity index (χ1) is 14.0. The van der Waals surface area contributed by atoms with Gasteiger partial charge in [-0.3, -0.25) is 4.79 Å². The summed E-state index contributed by atoms with van der Waals surface area (Å²) in [5, 5.41) is 3.05. The van der Waals surface area contributed by atoms with Gasteiger partial charge < -0.3 is 14.8 Å². The third-order valence-corrected chi connectivity index (χ3v) is 6.50. The molecule has 1 N–H and O–H groups in total. The maximum absolute atomic E-state index is 13.4. The second-order valence-electron chi connectivity index (χ2n) is 8.12. The summed E-state index contributed by atoms with van der Waals surface area (Å²) < 4.78 is 36.9. The first kappa shape index (κ1) is 22.1. The third kappa shape index (κ3) is 4.76. The molecule has 1 heterocycles. The second kappa shape index (κ2) is 8.28. The molecule has 1 aliphatic heterocycles. The molecule has 2 aromatic rings. The van der Waals surface area contributed by atoms with Gasteiger partial charge in [-0.25, -0.2) is 8.42 Å². The summed E-state index contributed by atoms with van der Waals surface area (Å²) in [6, 6.07) is 13.1. The van der Waals surface area contributed by atoms with Gasteiger partial charge in [0.05, 0.1) is 19.4 Å². The van der Waals surface area contributed by atoms with Crippen molar-refractivity contribution in [2.24, 2.45) is 0 Å². The highest BCUT2D eigenvalue weighted by Crippen LogP contribution is 2.41. The number of ether oxygens (including phenoxy) is 2. The van der Waals surface area contributed by atoms with Crippen LogP contribution < -0.4 is 14.8 Å². The number of amides is 1. The second-order valence-corrected chi connectivity index (χ2v) is 10.2. The van der Waals surface area contributed by atoms with Crippen LogP contribution in [0.3, 0.4) is 0 Å². The largest absolute Gasteiger partial charge is 0.497 e. The molecule has 30 heavy (non-hydrogen) atoms. The highest BCUT2D eigenvalue weighted by atomic mass is 32.2. The van der Waals surface area contributed by atoms with E-state index in [1.807, 2.05) is 32.0 Å². The number of hydrogen-bond donors (Lipinski definition) is 1. The van der Waals surface area contributed by atoms with Gasteiger partial charge >= 0.3 is 0 Å². The Kier molecular flexibility index (Phi) is 6.10. The van der Waals surface area contributed by atoms with Crippen LogP contribution in [-0.4, -0.2) is 44.6 Å². The normalized spacial score (nSPS) is 18.8. The zero-order chi connectivity index (χ0) is 22.1.